The number of nitrogens with zero attached hydrogens (tertiary/aromatic N) is 1. The van der Waals surface area contributed by atoms with E-state index in [0.29, 0.717) is 5.41 Å². The van der Waals surface area contributed by atoms with Gasteiger partial charge in [0.15, 0.2) is 0 Å². The Hall–Kier alpha value is -0.500. The third kappa shape index (κ3) is 2.25. The zero-order valence-corrected chi connectivity index (χ0v) is 9.35. The van der Waals surface area contributed by atoms with Crippen molar-refractivity contribution in [2.45, 2.75) is 20.8 Å². The molecule has 0 aromatic rings. The first kappa shape index (κ1) is 10.6. The molecule has 1 unspecified atom stereocenters. The SMILES string of the molecule is C=C(CNC)N1CC(C)C(C)(C)C1. The number of rotatable bonds is 3. The Morgan fingerprint density at radius 1 is 1.62 bits per heavy atom. The first-order valence-electron chi connectivity index (χ1n) is 5.04. The second-order valence-corrected chi connectivity index (χ2v) is 4.87. The Labute approximate surface area is 82.0 Å². The van der Waals surface area contributed by atoms with E-state index in [-0.39, 0.29) is 0 Å². The van der Waals surface area contributed by atoms with Gasteiger partial charge in [0.25, 0.3) is 0 Å². The highest BCUT2D eigenvalue weighted by Gasteiger charge is 2.36. The largest absolute Gasteiger partial charge is 0.373 e. The summed E-state index contributed by atoms with van der Waals surface area (Å²) >= 11 is 0. The lowest BCUT2D eigenvalue weighted by Gasteiger charge is -2.23. The minimum absolute atomic E-state index is 0.441. The maximum absolute atomic E-state index is 4.09. The quantitative estimate of drug-likeness (QED) is 0.714. The molecule has 1 heterocycles. The van der Waals surface area contributed by atoms with E-state index in [1.807, 2.05) is 7.05 Å². The predicted molar refractivity (Wildman–Crippen MR) is 57.6 cm³/mol. The van der Waals surface area contributed by atoms with Crippen LogP contribution in [0.4, 0.5) is 0 Å². The minimum Gasteiger partial charge on any atom is -0.373 e. The second kappa shape index (κ2) is 3.70. The molecule has 0 aromatic carbocycles. The molecule has 0 radical (unpaired) electrons. The van der Waals surface area contributed by atoms with E-state index in [4.69, 9.17) is 0 Å². The summed E-state index contributed by atoms with van der Waals surface area (Å²) in [5.41, 5.74) is 1.66. The second-order valence-electron chi connectivity index (χ2n) is 4.87. The van der Waals surface area contributed by atoms with E-state index in [1.54, 1.807) is 0 Å². The van der Waals surface area contributed by atoms with Gasteiger partial charge in [0.1, 0.15) is 0 Å². The summed E-state index contributed by atoms with van der Waals surface area (Å²) in [5, 5.41) is 3.15. The van der Waals surface area contributed by atoms with Crippen LogP contribution >= 0.6 is 0 Å². The van der Waals surface area contributed by atoms with E-state index in [0.717, 1.165) is 25.6 Å². The van der Waals surface area contributed by atoms with Crippen molar-refractivity contribution in [2.24, 2.45) is 11.3 Å². The molecule has 0 spiro atoms. The monoisotopic (exact) mass is 182 g/mol. The Balaban J connectivity index is 2.53. The summed E-state index contributed by atoms with van der Waals surface area (Å²) in [7, 11) is 1.97. The Bertz CT molecular complexity index is 196. The van der Waals surface area contributed by atoms with Crippen molar-refractivity contribution in [1.29, 1.82) is 0 Å². The maximum Gasteiger partial charge on any atom is 0.0347 e. The van der Waals surface area contributed by atoms with Crippen LogP contribution in [0.2, 0.25) is 0 Å². The van der Waals surface area contributed by atoms with Gasteiger partial charge in [0, 0.05) is 25.3 Å². The zero-order chi connectivity index (χ0) is 10.1. The van der Waals surface area contributed by atoms with Crippen LogP contribution in [0.25, 0.3) is 0 Å². The molecule has 1 atom stereocenters. The molecular weight excluding hydrogens is 160 g/mol. The third-order valence-electron chi connectivity index (χ3n) is 3.25. The Morgan fingerprint density at radius 2 is 2.23 bits per heavy atom. The van der Waals surface area contributed by atoms with Crippen molar-refractivity contribution >= 4 is 0 Å². The zero-order valence-electron chi connectivity index (χ0n) is 9.35. The number of nitrogens with one attached hydrogen (secondary N) is 1. The average Bonchev–Trinajstić information content (AvgIpc) is 2.27. The van der Waals surface area contributed by atoms with Crippen LogP contribution in [0.15, 0.2) is 12.3 Å². The van der Waals surface area contributed by atoms with Crippen LogP contribution in [0.1, 0.15) is 20.8 Å². The van der Waals surface area contributed by atoms with E-state index in [2.05, 4.69) is 37.6 Å². The van der Waals surface area contributed by atoms with Crippen molar-refractivity contribution < 1.29 is 0 Å². The molecule has 0 saturated carbocycles. The molecule has 1 aliphatic heterocycles. The lowest BCUT2D eigenvalue weighted by molar-refractivity contribution is 0.298. The summed E-state index contributed by atoms with van der Waals surface area (Å²) in [4.78, 5) is 2.40. The average molecular weight is 182 g/mol. The van der Waals surface area contributed by atoms with Gasteiger partial charge in [-0.2, -0.15) is 0 Å². The highest BCUT2D eigenvalue weighted by molar-refractivity contribution is 5.03. The van der Waals surface area contributed by atoms with Gasteiger partial charge in [0.2, 0.25) is 0 Å². The molecule has 1 aliphatic rings. The fourth-order valence-electron chi connectivity index (χ4n) is 1.85. The van der Waals surface area contributed by atoms with Crippen LogP contribution in [0.3, 0.4) is 0 Å². The van der Waals surface area contributed by atoms with Crippen molar-refractivity contribution in [3.8, 4) is 0 Å². The molecule has 1 rings (SSSR count). The van der Waals surface area contributed by atoms with Crippen molar-refractivity contribution in [2.75, 3.05) is 26.7 Å². The van der Waals surface area contributed by atoms with Gasteiger partial charge in [0.05, 0.1) is 0 Å². The van der Waals surface area contributed by atoms with Gasteiger partial charge in [-0.05, 0) is 18.4 Å². The van der Waals surface area contributed by atoms with Gasteiger partial charge in [-0.3, -0.25) is 0 Å². The normalized spacial score (nSPS) is 26.5. The third-order valence-corrected chi connectivity index (χ3v) is 3.25. The number of hydrogen-bond acceptors (Lipinski definition) is 2. The highest BCUT2D eigenvalue weighted by Crippen LogP contribution is 2.35. The Kier molecular flexibility index (Phi) is 3.01. The highest BCUT2D eigenvalue weighted by atomic mass is 15.2. The van der Waals surface area contributed by atoms with Crippen LogP contribution in [0.5, 0.6) is 0 Å². The van der Waals surface area contributed by atoms with Gasteiger partial charge >= 0.3 is 0 Å². The van der Waals surface area contributed by atoms with E-state index >= 15 is 0 Å². The molecule has 0 aromatic heterocycles. The van der Waals surface area contributed by atoms with Gasteiger partial charge in [-0.15, -0.1) is 0 Å². The lowest BCUT2D eigenvalue weighted by Crippen LogP contribution is -2.27. The lowest BCUT2D eigenvalue weighted by atomic mass is 9.84. The van der Waals surface area contributed by atoms with Crippen LogP contribution in [-0.2, 0) is 0 Å². The van der Waals surface area contributed by atoms with Crippen LogP contribution in [-0.4, -0.2) is 31.6 Å². The predicted octanol–water partition coefficient (Wildman–Crippen LogP) is 1.70. The van der Waals surface area contributed by atoms with Crippen molar-refractivity contribution in [3.05, 3.63) is 12.3 Å². The topological polar surface area (TPSA) is 15.3 Å². The molecule has 0 aliphatic carbocycles. The molecule has 1 saturated heterocycles. The summed E-state index contributed by atoms with van der Waals surface area (Å²) in [6.45, 7) is 14.3. The fraction of sp³-hybridized carbons (Fsp3) is 0.818. The van der Waals surface area contributed by atoms with Gasteiger partial charge < -0.3 is 10.2 Å². The van der Waals surface area contributed by atoms with Crippen LogP contribution in [0, 0.1) is 11.3 Å². The standard InChI is InChI=1S/C11H22N2/c1-9-7-13(8-11(9,3)4)10(2)6-12-5/h9,12H,2,6-8H2,1,3-5H3. The molecule has 13 heavy (non-hydrogen) atoms. The molecular formula is C11H22N2. The van der Waals surface area contributed by atoms with Crippen molar-refractivity contribution in [3.63, 3.8) is 0 Å². The summed E-state index contributed by atoms with van der Waals surface area (Å²) in [5.74, 6) is 0.765. The minimum atomic E-state index is 0.441. The van der Waals surface area contributed by atoms with Gasteiger partial charge in [-0.1, -0.05) is 27.4 Å². The first-order valence-corrected chi connectivity index (χ1v) is 5.04. The molecule has 2 heteroatoms. The summed E-state index contributed by atoms with van der Waals surface area (Å²) in [6.07, 6.45) is 0. The summed E-state index contributed by atoms with van der Waals surface area (Å²) in [6, 6.07) is 0. The maximum atomic E-state index is 4.09. The molecule has 1 fully saturated rings. The smallest absolute Gasteiger partial charge is 0.0347 e. The van der Waals surface area contributed by atoms with Crippen LogP contribution < -0.4 is 5.32 Å². The van der Waals surface area contributed by atoms with E-state index < -0.39 is 0 Å². The molecule has 2 nitrogen and oxygen atoms in total. The fourth-order valence-corrected chi connectivity index (χ4v) is 1.85. The van der Waals surface area contributed by atoms with E-state index in [1.165, 1.54) is 5.70 Å². The number of likely N-dealkylation sites (N-methyl/N-ethyl adjacent to an activating group) is 1. The molecule has 1 N–H and O–H groups in total. The number of hydrogen-bond donors (Lipinski definition) is 1. The molecule has 0 bridgehead atoms. The molecule has 76 valence electrons. The molecule has 0 amide bonds. The van der Waals surface area contributed by atoms with E-state index in [9.17, 15) is 0 Å². The van der Waals surface area contributed by atoms with Crippen molar-refractivity contribution in [1.82, 2.24) is 10.2 Å². The summed E-state index contributed by atoms with van der Waals surface area (Å²) < 4.78 is 0. The number of likely N-dealkylation sites (tertiary alicyclic amines) is 1. The first-order chi connectivity index (χ1) is 5.97. The van der Waals surface area contributed by atoms with Gasteiger partial charge in [-0.25, -0.2) is 0 Å². The Morgan fingerprint density at radius 3 is 2.62 bits per heavy atom.